The summed E-state index contributed by atoms with van der Waals surface area (Å²) in [5.74, 6) is 0. The molecule has 2 aliphatic heterocycles. The van der Waals surface area contributed by atoms with Gasteiger partial charge in [-0.05, 0) is 52.4 Å². The van der Waals surface area contributed by atoms with Gasteiger partial charge in [-0.1, -0.05) is 72.8 Å². The zero-order chi connectivity index (χ0) is 24.3. The average Bonchev–Trinajstić information content (AvgIpc) is 3.52. The van der Waals surface area contributed by atoms with Gasteiger partial charge in [0.15, 0.2) is 0 Å². The number of benzene rings is 4. The molecule has 4 heterocycles. The predicted octanol–water partition coefficient (Wildman–Crippen LogP) is 5.23. The van der Waals surface area contributed by atoms with Gasteiger partial charge in [0, 0.05) is 34.3 Å². The van der Waals surface area contributed by atoms with Crippen LogP contribution in [-0.4, -0.2) is 26.8 Å². The topological polar surface area (TPSA) is 46.8 Å². The Morgan fingerprint density at radius 3 is 1.89 bits per heavy atom. The first-order valence-corrected chi connectivity index (χ1v) is 12.4. The van der Waals surface area contributed by atoms with Crippen molar-refractivity contribution >= 4 is 29.1 Å². The number of aromatic nitrogens is 4. The highest BCUT2D eigenvalue weighted by Crippen LogP contribution is 2.47. The van der Waals surface area contributed by atoms with Crippen LogP contribution in [0.4, 0.5) is 11.4 Å². The van der Waals surface area contributed by atoms with Gasteiger partial charge in [-0.25, -0.2) is 0 Å². The summed E-state index contributed by atoms with van der Waals surface area (Å²) < 4.78 is 0. The summed E-state index contributed by atoms with van der Waals surface area (Å²) in [6.07, 6.45) is 5.27. The Hall–Kier alpha value is -4.97. The Bertz CT molecular complexity index is 1800. The molecule has 0 atom stereocenters. The van der Waals surface area contributed by atoms with E-state index in [9.17, 15) is 0 Å². The Morgan fingerprint density at radius 1 is 0.541 bits per heavy atom. The number of hydrogen-bond acceptors (Lipinski definition) is 4. The third-order valence-electron chi connectivity index (χ3n) is 7.46. The summed E-state index contributed by atoms with van der Waals surface area (Å²) in [6, 6.07) is 36.8. The Labute approximate surface area is 214 Å². The second kappa shape index (κ2) is 7.77. The molecular formula is C31H20BN5. The number of hydrogen-bond donors (Lipinski definition) is 0. The zero-order valence-electron chi connectivity index (χ0n) is 19.9. The smallest absolute Gasteiger partial charge is 0.329 e. The van der Waals surface area contributed by atoms with E-state index in [0.717, 1.165) is 22.6 Å². The highest BCUT2D eigenvalue weighted by molar-refractivity contribution is 6.92. The van der Waals surface area contributed by atoms with Crippen molar-refractivity contribution in [2.24, 2.45) is 0 Å². The highest BCUT2D eigenvalue weighted by Gasteiger charge is 2.42. The normalized spacial score (nSPS) is 12.8. The van der Waals surface area contributed by atoms with Gasteiger partial charge in [-0.15, -0.1) is 0 Å². The number of anilines is 2. The molecule has 0 unspecified atom stereocenters. The third kappa shape index (κ3) is 2.96. The lowest BCUT2D eigenvalue weighted by atomic mass is 9.43. The third-order valence-corrected chi connectivity index (χ3v) is 7.46. The number of rotatable bonds is 2. The molecule has 2 aliphatic rings. The van der Waals surface area contributed by atoms with Gasteiger partial charge >= 0.3 is 6.85 Å². The summed E-state index contributed by atoms with van der Waals surface area (Å²) in [5, 5.41) is 8.79. The van der Waals surface area contributed by atoms with E-state index in [0.29, 0.717) is 0 Å². The molecule has 2 aromatic heterocycles. The first-order chi connectivity index (χ1) is 18.4. The molecule has 0 radical (unpaired) electrons. The van der Waals surface area contributed by atoms with Crippen LogP contribution < -0.4 is 15.7 Å². The Balaban J connectivity index is 1.45. The molecule has 0 amide bonds. The van der Waals surface area contributed by atoms with Crippen molar-refractivity contribution in [3.8, 4) is 39.2 Å². The molecule has 0 fully saturated rings. The fourth-order valence-corrected chi connectivity index (χ4v) is 5.89. The monoisotopic (exact) mass is 473 g/mol. The largest absolute Gasteiger partial charge is 0.376 e. The van der Waals surface area contributed by atoms with E-state index in [2.05, 4.69) is 111 Å². The molecule has 0 aliphatic carbocycles. The van der Waals surface area contributed by atoms with Crippen LogP contribution in [0.25, 0.3) is 39.2 Å². The van der Waals surface area contributed by atoms with Gasteiger partial charge in [0.25, 0.3) is 0 Å². The van der Waals surface area contributed by atoms with Crippen LogP contribution in [0.1, 0.15) is 0 Å². The van der Waals surface area contributed by atoms with Crippen molar-refractivity contribution in [3.63, 3.8) is 0 Å². The molecule has 6 aromatic rings. The quantitative estimate of drug-likeness (QED) is 0.323. The van der Waals surface area contributed by atoms with Crippen LogP contribution in [0.3, 0.4) is 0 Å². The number of pyridine rings is 1. The zero-order valence-corrected chi connectivity index (χ0v) is 19.9. The summed E-state index contributed by atoms with van der Waals surface area (Å²) >= 11 is 0. The first kappa shape index (κ1) is 20.2. The van der Waals surface area contributed by atoms with Gasteiger partial charge in [0.1, 0.15) is 0 Å². The average molecular weight is 473 g/mol. The molecule has 0 spiro atoms. The molecule has 5 nitrogen and oxygen atoms in total. The minimum atomic E-state index is 0.0483. The molecule has 0 bridgehead atoms. The van der Waals surface area contributed by atoms with E-state index < -0.39 is 0 Å². The van der Waals surface area contributed by atoms with Gasteiger partial charge in [0.05, 0.1) is 23.8 Å². The van der Waals surface area contributed by atoms with Gasteiger partial charge in [-0.3, -0.25) is 4.98 Å². The maximum Gasteiger partial charge on any atom is 0.329 e. The summed E-state index contributed by atoms with van der Waals surface area (Å²) in [5.41, 5.74) is 12.9. The predicted molar refractivity (Wildman–Crippen MR) is 149 cm³/mol. The van der Waals surface area contributed by atoms with E-state index in [4.69, 9.17) is 0 Å². The fraction of sp³-hybridized carbons (Fsp3) is 0. The van der Waals surface area contributed by atoms with E-state index in [1.807, 2.05) is 18.3 Å². The maximum atomic E-state index is 4.64. The van der Waals surface area contributed by atoms with Crippen LogP contribution in [0.15, 0.2) is 122 Å². The van der Waals surface area contributed by atoms with Crippen LogP contribution in [0.5, 0.6) is 0 Å². The summed E-state index contributed by atoms with van der Waals surface area (Å²) in [7, 11) is 0. The summed E-state index contributed by atoms with van der Waals surface area (Å²) in [6.45, 7) is 0.0483. The molecule has 0 N–H and O–H groups in total. The molecule has 8 rings (SSSR count). The molecule has 37 heavy (non-hydrogen) atoms. The molecule has 6 heteroatoms. The van der Waals surface area contributed by atoms with Crippen molar-refractivity contribution in [1.29, 1.82) is 0 Å². The second-order valence-corrected chi connectivity index (χ2v) is 9.41. The minimum Gasteiger partial charge on any atom is -0.376 e. The number of fused-ring (bicyclic) bond motifs is 11. The van der Waals surface area contributed by atoms with Crippen molar-refractivity contribution in [1.82, 2.24) is 20.0 Å². The van der Waals surface area contributed by atoms with Gasteiger partial charge in [0.2, 0.25) is 0 Å². The summed E-state index contributed by atoms with van der Waals surface area (Å²) in [4.78, 5) is 8.81. The van der Waals surface area contributed by atoms with Crippen molar-refractivity contribution in [2.45, 2.75) is 0 Å². The number of nitrogens with zero attached hydrogens (tertiary/aromatic N) is 5. The lowest BCUT2D eigenvalue weighted by Crippen LogP contribution is -2.59. The van der Waals surface area contributed by atoms with Crippen molar-refractivity contribution in [2.75, 3.05) is 4.81 Å². The van der Waals surface area contributed by atoms with E-state index in [1.165, 1.54) is 38.9 Å². The fourth-order valence-electron chi connectivity index (χ4n) is 5.89. The first-order valence-electron chi connectivity index (χ1n) is 12.4. The molecular weight excluding hydrogens is 453 g/mol. The SMILES string of the molecule is c1ccc(-c2ccc3c(c2)N2B(c4ccccc4-3)c3ccccc3-c3ccc(-n4nccn4)cc32)nc1. The van der Waals surface area contributed by atoms with Crippen LogP contribution >= 0.6 is 0 Å². The van der Waals surface area contributed by atoms with E-state index >= 15 is 0 Å². The van der Waals surface area contributed by atoms with Crippen LogP contribution in [-0.2, 0) is 0 Å². The second-order valence-electron chi connectivity index (χ2n) is 9.41. The van der Waals surface area contributed by atoms with Gasteiger partial charge < -0.3 is 4.81 Å². The van der Waals surface area contributed by atoms with E-state index in [1.54, 1.807) is 17.2 Å². The molecule has 0 saturated carbocycles. The molecule has 172 valence electrons. The van der Waals surface area contributed by atoms with Crippen molar-refractivity contribution in [3.05, 3.63) is 122 Å². The van der Waals surface area contributed by atoms with Crippen molar-refractivity contribution < 1.29 is 0 Å². The lowest BCUT2D eigenvalue weighted by molar-refractivity contribution is 0.752. The van der Waals surface area contributed by atoms with E-state index in [-0.39, 0.29) is 6.85 Å². The minimum absolute atomic E-state index is 0.0483. The molecule has 0 saturated heterocycles. The van der Waals surface area contributed by atoms with Crippen LogP contribution in [0, 0.1) is 0 Å². The molecule has 4 aromatic carbocycles. The highest BCUT2D eigenvalue weighted by atomic mass is 15.5. The standard InChI is InChI=1S/C31H20BN5/c1-3-9-27-23(7-1)25-14-12-21(29-11-5-6-16-33-29)19-30(25)36-31-20-22(37-34-17-18-35-37)13-15-26(31)24-8-2-4-10-28(24)32(27)36/h1-20H. The Kier molecular flexibility index (Phi) is 4.25. The van der Waals surface area contributed by atoms with Crippen LogP contribution in [0.2, 0.25) is 0 Å². The Morgan fingerprint density at radius 2 is 1.19 bits per heavy atom. The van der Waals surface area contributed by atoms with Gasteiger partial charge in [-0.2, -0.15) is 15.0 Å². The maximum absolute atomic E-state index is 4.64. The lowest BCUT2D eigenvalue weighted by Gasteiger charge is -2.43.